The molecule has 4 N–H and O–H groups in total. The van der Waals surface area contributed by atoms with Crippen LogP contribution >= 0.6 is 12.2 Å². The fourth-order valence-corrected chi connectivity index (χ4v) is 2.66. The van der Waals surface area contributed by atoms with Crippen LogP contribution < -0.4 is 21.5 Å². The molecule has 3 amide bonds. The van der Waals surface area contributed by atoms with Crippen LogP contribution in [0.15, 0.2) is 54.6 Å². The molecule has 156 valence electrons. The summed E-state index contributed by atoms with van der Waals surface area (Å²) in [6.07, 6.45) is 2.96. The Morgan fingerprint density at radius 1 is 0.933 bits per heavy atom. The minimum Gasteiger partial charge on any atom is -0.326 e. The molecule has 0 aliphatic carbocycles. The SMILES string of the molecule is Cc1ccc(NC(=O)CCC(=O)NNC(=S)NC(=O)C=Cc2ccccc2)c(C)c1. The Labute approximate surface area is 180 Å². The molecule has 0 aliphatic rings. The summed E-state index contributed by atoms with van der Waals surface area (Å²) in [4.78, 5) is 35.7. The van der Waals surface area contributed by atoms with Gasteiger partial charge in [0, 0.05) is 24.6 Å². The van der Waals surface area contributed by atoms with Crippen LogP contribution in [-0.2, 0) is 14.4 Å². The van der Waals surface area contributed by atoms with Gasteiger partial charge in [-0.3, -0.25) is 30.6 Å². The quantitative estimate of drug-likeness (QED) is 0.325. The molecule has 0 saturated carbocycles. The average molecular weight is 425 g/mol. The second kappa shape index (κ2) is 11.5. The van der Waals surface area contributed by atoms with Gasteiger partial charge < -0.3 is 5.32 Å². The maximum atomic E-state index is 12.0. The molecule has 0 bridgehead atoms. The molecular formula is C22H24N4O3S. The van der Waals surface area contributed by atoms with Gasteiger partial charge in [-0.1, -0.05) is 48.0 Å². The van der Waals surface area contributed by atoms with Crippen LogP contribution in [0, 0.1) is 13.8 Å². The number of rotatable bonds is 6. The lowest BCUT2D eigenvalue weighted by Gasteiger charge is -2.11. The van der Waals surface area contributed by atoms with Crippen molar-refractivity contribution in [1.29, 1.82) is 0 Å². The predicted octanol–water partition coefficient (Wildman–Crippen LogP) is 2.76. The first-order valence-corrected chi connectivity index (χ1v) is 9.74. The van der Waals surface area contributed by atoms with Crippen LogP contribution in [0.1, 0.15) is 29.5 Å². The summed E-state index contributed by atoms with van der Waals surface area (Å²) in [6, 6.07) is 15.0. The number of carbonyl (C=O) groups is 3. The molecule has 0 unspecified atom stereocenters. The number of amides is 3. The number of anilines is 1. The van der Waals surface area contributed by atoms with Gasteiger partial charge in [0.25, 0.3) is 0 Å². The number of carbonyl (C=O) groups excluding carboxylic acids is 3. The van der Waals surface area contributed by atoms with Crippen LogP contribution in [0.4, 0.5) is 5.69 Å². The van der Waals surface area contributed by atoms with Crippen molar-refractivity contribution >= 4 is 46.8 Å². The Kier molecular flexibility index (Phi) is 8.71. The second-order valence-electron chi connectivity index (χ2n) is 6.60. The summed E-state index contributed by atoms with van der Waals surface area (Å²) >= 11 is 4.96. The van der Waals surface area contributed by atoms with Gasteiger partial charge in [0.15, 0.2) is 5.11 Å². The Balaban J connectivity index is 1.67. The first-order chi connectivity index (χ1) is 14.3. The Morgan fingerprint density at radius 2 is 1.63 bits per heavy atom. The standard InChI is InChI=1S/C22H24N4O3S/c1-15-8-10-18(16(2)14-15)23-19(27)12-13-21(29)25-26-22(30)24-20(28)11-9-17-6-4-3-5-7-17/h3-11,14H,12-13H2,1-2H3,(H,23,27)(H,25,29)(H2,24,26,28,30). The molecule has 0 heterocycles. The fraction of sp³-hybridized carbons (Fsp3) is 0.182. The van der Waals surface area contributed by atoms with Crippen molar-refractivity contribution in [2.75, 3.05) is 5.32 Å². The molecule has 7 nitrogen and oxygen atoms in total. The molecule has 0 radical (unpaired) electrons. The normalized spacial score (nSPS) is 10.3. The average Bonchev–Trinajstić information content (AvgIpc) is 2.72. The smallest absolute Gasteiger partial charge is 0.250 e. The van der Waals surface area contributed by atoms with E-state index in [9.17, 15) is 14.4 Å². The number of thiocarbonyl (C=S) groups is 1. The molecule has 0 atom stereocenters. The van der Waals surface area contributed by atoms with Gasteiger partial charge in [-0.25, -0.2) is 0 Å². The lowest BCUT2D eigenvalue weighted by atomic mass is 10.1. The van der Waals surface area contributed by atoms with E-state index in [0.29, 0.717) is 0 Å². The Bertz CT molecular complexity index is 958. The lowest BCUT2D eigenvalue weighted by molar-refractivity contribution is -0.124. The first-order valence-electron chi connectivity index (χ1n) is 9.33. The van der Waals surface area contributed by atoms with Crippen molar-refractivity contribution in [3.05, 3.63) is 71.3 Å². The zero-order chi connectivity index (χ0) is 21.9. The number of aryl methyl sites for hydroxylation is 2. The van der Waals surface area contributed by atoms with Crippen molar-refractivity contribution in [1.82, 2.24) is 16.2 Å². The van der Waals surface area contributed by atoms with Gasteiger partial charge in [0.05, 0.1) is 0 Å². The van der Waals surface area contributed by atoms with E-state index >= 15 is 0 Å². The number of hydrazine groups is 1. The van der Waals surface area contributed by atoms with Gasteiger partial charge in [-0.15, -0.1) is 0 Å². The highest BCUT2D eigenvalue weighted by Gasteiger charge is 2.09. The van der Waals surface area contributed by atoms with Crippen molar-refractivity contribution in [3.63, 3.8) is 0 Å². The van der Waals surface area contributed by atoms with Crippen LogP contribution in [0.5, 0.6) is 0 Å². The predicted molar refractivity (Wildman–Crippen MR) is 121 cm³/mol. The Morgan fingerprint density at radius 3 is 2.33 bits per heavy atom. The molecule has 0 aromatic heterocycles. The largest absolute Gasteiger partial charge is 0.326 e. The molecule has 0 aliphatic heterocycles. The molecule has 0 fully saturated rings. The van der Waals surface area contributed by atoms with Crippen molar-refractivity contribution < 1.29 is 14.4 Å². The van der Waals surface area contributed by atoms with Gasteiger partial charge >= 0.3 is 0 Å². The maximum absolute atomic E-state index is 12.0. The van der Waals surface area contributed by atoms with Crippen molar-refractivity contribution in [3.8, 4) is 0 Å². The van der Waals surface area contributed by atoms with E-state index < -0.39 is 11.8 Å². The van der Waals surface area contributed by atoms with Crippen LogP contribution in [0.25, 0.3) is 6.08 Å². The van der Waals surface area contributed by atoms with Crippen LogP contribution in [-0.4, -0.2) is 22.8 Å². The van der Waals surface area contributed by atoms with Crippen molar-refractivity contribution in [2.45, 2.75) is 26.7 Å². The second-order valence-corrected chi connectivity index (χ2v) is 7.01. The highest BCUT2D eigenvalue weighted by Crippen LogP contribution is 2.16. The summed E-state index contributed by atoms with van der Waals surface area (Å²) in [5.74, 6) is -1.13. The van der Waals surface area contributed by atoms with E-state index in [-0.39, 0.29) is 23.9 Å². The minimum atomic E-state index is -0.432. The molecule has 0 spiro atoms. The molecule has 2 aromatic carbocycles. The third kappa shape index (κ3) is 8.24. The molecular weight excluding hydrogens is 400 g/mol. The number of hydrogen-bond donors (Lipinski definition) is 4. The summed E-state index contributed by atoms with van der Waals surface area (Å²) in [5, 5.41) is 5.15. The third-order valence-corrected chi connectivity index (χ3v) is 4.22. The lowest BCUT2D eigenvalue weighted by Crippen LogP contribution is -2.48. The molecule has 2 rings (SSSR count). The number of nitrogens with one attached hydrogen (secondary N) is 4. The maximum Gasteiger partial charge on any atom is 0.250 e. The zero-order valence-corrected chi connectivity index (χ0v) is 17.6. The van der Waals surface area contributed by atoms with E-state index in [1.807, 2.05) is 62.4 Å². The third-order valence-electron chi connectivity index (χ3n) is 4.01. The zero-order valence-electron chi connectivity index (χ0n) is 16.8. The topological polar surface area (TPSA) is 99.3 Å². The van der Waals surface area contributed by atoms with Crippen LogP contribution in [0.3, 0.4) is 0 Å². The number of hydrogen-bond acceptors (Lipinski definition) is 4. The van der Waals surface area contributed by atoms with E-state index in [1.54, 1.807) is 6.08 Å². The van der Waals surface area contributed by atoms with E-state index in [4.69, 9.17) is 12.2 Å². The Hall–Kier alpha value is -3.52. The highest BCUT2D eigenvalue weighted by atomic mass is 32.1. The molecule has 8 heteroatoms. The minimum absolute atomic E-state index is 0.0137. The van der Waals surface area contributed by atoms with Crippen molar-refractivity contribution in [2.24, 2.45) is 0 Å². The van der Waals surface area contributed by atoms with Gasteiger partial charge in [0.2, 0.25) is 17.7 Å². The summed E-state index contributed by atoms with van der Waals surface area (Å²) in [6.45, 7) is 3.88. The molecule has 30 heavy (non-hydrogen) atoms. The first kappa shape index (κ1) is 22.8. The van der Waals surface area contributed by atoms with Gasteiger partial charge in [0.1, 0.15) is 0 Å². The monoisotopic (exact) mass is 424 g/mol. The molecule has 2 aromatic rings. The fourth-order valence-electron chi connectivity index (χ4n) is 2.50. The number of benzene rings is 2. The van der Waals surface area contributed by atoms with Crippen LogP contribution in [0.2, 0.25) is 0 Å². The molecule has 0 saturated heterocycles. The van der Waals surface area contributed by atoms with E-state index in [1.165, 1.54) is 6.08 Å². The summed E-state index contributed by atoms with van der Waals surface area (Å²) in [5.41, 5.74) is 8.44. The highest BCUT2D eigenvalue weighted by molar-refractivity contribution is 7.80. The van der Waals surface area contributed by atoms with Gasteiger partial charge in [-0.2, -0.15) is 0 Å². The van der Waals surface area contributed by atoms with E-state index in [2.05, 4.69) is 21.5 Å². The summed E-state index contributed by atoms with van der Waals surface area (Å²) < 4.78 is 0. The summed E-state index contributed by atoms with van der Waals surface area (Å²) in [7, 11) is 0. The van der Waals surface area contributed by atoms with E-state index in [0.717, 1.165) is 22.4 Å². The van der Waals surface area contributed by atoms with Gasteiger partial charge in [-0.05, 0) is 49.3 Å².